The van der Waals surface area contributed by atoms with E-state index >= 15 is 0 Å². The van der Waals surface area contributed by atoms with Gasteiger partial charge in [0.2, 0.25) is 0 Å². The summed E-state index contributed by atoms with van der Waals surface area (Å²) >= 11 is 0. The van der Waals surface area contributed by atoms with Gasteiger partial charge in [0.1, 0.15) is 0 Å². The highest BCUT2D eigenvalue weighted by molar-refractivity contribution is 5.33. The Morgan fingerprint density at radius 2 is 2.33 bits per heavy atom. The topological polar surface area (TPSA) is 55.1 Å². The monoisotopic (exact) mass is 205 g/mol. The third-order valence-electron chi connectivity index (χ3n) is 2.51. The first-order valence-electron chi connectivity index (χ1n) is 5.18. The van der Waals surface area contributed by atoms with Crippen LogP contribution in [-0.2, 0) is 6.54 Å². The lowest BCUT2D eigenvalue weighted by Crippen LogP contribution is -2.25. The molecule has 0 saturated carbocycles. The number of nitrogens with one attached hydrogen (secondary N) is 1. The Kier molecular flexibility index (Phi) is 2.91. The van der Waals surface area contributed by atoms with Crippen LogP contribution in [0.1, 0.15) is 26.1 Å². The fraction of sp³-hybridized carbons (Fsp3) is 0.500. The molecule has 0 saturated heterocycles. The lowest BCUT2D eigenvalue weighted by Gasteiger charge is -2.09. The highest BCUT2D eigenvalue weighted by Crippen LogP contribution is 2.01. The molecule has 1 atom stereocenters. The maximum Gasteiger partial charge on any atom is 0.179 e. The standard InChI is InChI=1S/C10H15N5/c1-3-8(2)12-7-10-14-13-9-6-11-4-5-15(9)10/h4-6,8,12H,3,7H2,1-2H3. The van der Waals surface area contributed by atoms with E-state index in [4.69, 9.17) is 0 Å². The van der Waals surface area contributed by atoms with Crippen LogP contribution in [0, 0.1) is 0 Å². The second-order valence-corrected chi connectivity index (χ2v) is 3.61. The summed E-state index contributed by atoms with van der Waals surface area (Å²) in [5, 5.41) is 11.5. The number of aromatic nitrogens is 4. The van der Waals surface area contributed by atoms with Gasteiger partial charge in [-0.25, -0.2) is 0 Å². The summed E-state index contributed by atoms with van der Waals surface area (Å²) in [6.07, 6.45) is 6.43. The molecule has 0 aliphatic rings. The van der Waals surface area contributed by atoms with Crippen molar-refractivity contribution in [2.24, 2.45) is 0 Å². The molecule has 2 rings (SSSR count). The van der Waals surface area contributed by atoms with Crippen LogP contribution in [0.25, 0.3) is 5.65 Å². The number of hydrogen-bond donors (Lipinski definition) is 1. The normalized spacial score (nSPS) is 13.2. The Morgan fingerprint density at radius 1 is 1.47 bits per heavy atom. The van der Waals surface area contributed by atoms with E-state index in [1.165, 1.54) is 0 Å². The minimum absolute atomic E-state index is 0.499. The van der Waals surface area contributed by atoms with E-state index in [-0.39, 0.29) is 0 Å². The number of rotatable bonds is 4. The Morgan fingerprint density at radius 3 is 3.13 bits per heavy atom. The van der Waals surface area contributed by atoms with Crippen LogP contribution in [0.4, 0.5) is 0 Å². The molecule has 0 amide bonds. The van der Waals surface area contributed by atoms with Gasteiger partial charge >= 0.3 is 0 Å². The van der Waals surface area contributed by atoms with Gasteiger partial charge in [-0.2, -0.15) is 0 Å². The van der Waals surface area contributed by atoms with E-state index in [0.29, 0.717) is 6.04 Å². The third kappa shape index (κ3) is 2.12. The molecular weight excluding hydrogens is 190 g/mol. The van der Waals surface area contributed by atoms with Crippen molar-refractivity contribution in [2.75, 3.05) is 0 Å². The molecule has 0 radical (unpaired) electrons. The summed E-state index contributed by atoms with van der Waals surface area (Å²) in [7, 11) is 0. The van der Waals surface area contributed by atoms with Crippen molar-refractivity contribution in [1.29, 1.82) is 0 Å². The third-order valence-corrected chi connectivity index (χ3v) is 2.51. The van der Waals surface area contributed by atoms with Crippen LogP contribution in [0.5, 0.6) is 0 Å². The molecule has 5 heteroatoms. The first-order chi connectivity index (χ1) is 7.31. The zero-order valence-corrected chi connectivity index (χ0v) is 9.01. The van der Waals surface area contributed by atoms with E-state index < -0.39 is 0 Å². The maximum absolute atomic E-state index is 4.11. The van der Waals surface area contributed by atoms with Crippen LogP contribution in [0.3, 0.4) is 0 Å². The Balaban J connectivity index is 2.14. The fourth-order valence-electron chi connectivity index (χ4n) is 1.33. The van der Waals surface area contributed by atoms with Crippen molar-refractivity contribution in [2.45, 2.75) is 32.9 Å². The smallest absolute Gasteiger partial charge is 0.179 e. The molecule has 2 aromatic heterocycles. The van der Waals surface area contributed by atoms with Gasteiger partial charge in [-0.1, -0.05) is 6.92 Å². The van der Waals surface area contributed by atoms with Crippen molar-refractivity contribution in [1.82, 2.24) is 24.9 Å². The SMILES string of the molecule is CCC(C)NCc1nnc2cnccn12. The van der Waals surface area contributed by atoms with Crippen molar-refractivity contribution >= 4 is 5.65 Å². The Hall–Kier alpha value is -1.49. The van der Waals surface area contributed by atoms with E-state index in [0.717, 1.165) is 24.4 Å². The average Bonchev–Trinajstić information content (AvgIpc) is 2.69. The molecule has 0 fully saturated rings. The van der Waals surface area contributed by atoms with Gasteiger partial charge in [0.25, 0.3) is 0 Å². The van der Waals surface area contributed by atoms with E-state index in [1.54, 1.807) is 12.4 Å². The largest absolute Gasteiger partial charge is 0.307 e. The molecule has 0 spiro atoms. The van der Waals surface area contributed by atoms with Gasteiger partial charge in [0.05, 0.1) is 12.7 Å². The van der Waals surface area contributed by atoms with Crippen LogP contribution < -0.4 is 5.32 Å². The van der Waals surface area contributed by atoms with Gasteiger partial charge in [-0.05, 0) is 13.3 Å². The lowest BCUT2D eigenvalue weighted by atomic mass is 10.2. The predicted octanol–water partition coefficient (Wildman–Crippen LogP) is 1.01. The molecule has 1 unspecified atom stereocenters. The minimum atomic E-state index is 0.499. The van der Waals surface area contributed by atoms with Gasteiger partial charge < -0.3 is 5.32 Å². The Labute approximate surface area is 88.6 Å². The van der Waals surface area contributed by atoms with Crippen LogP contribution in [0.2, 0.25) is 0 Å². The van der Waals surface area contributed by atoms with Crippen molar-refractivity contribution < 1.29 is 0 Å². The number of nitrogens with zero attached hydrogens (tertiary/aromatic N) is 4. The molecule has 0 aliphatic heterocycles. The first-order valence-corrected chi connectivity index (χ1v) is 5.18. The average molecular weight is 205 g/mol. The molecule has 5 nitrogen and oxygen atoms in total. The summed E-state index contributed by atoms with van der Waals surface area (Å²) < 4.78 is 1.95. The van der Waals surface area contributed by atoms with Crippen LogP contribution in [-0.4, -0.2) is 25.6 Å². The van der Waals surface area contributed by atoms with E-state index in [2.05, 4.69) is 34.3 Å². The summed E-state index contributed by atoms with van der Waals surface area (Å²) in [5.74, 6) is 0.924. The molecule has 1 N–H and O–H groups in total. The van der Waals surface area contributed by atoms with Crippen LogP contribution in [0.15, 0.2) is 18.6 Å². The zero-order valence-electron chi connectivity index (χ0n) is 9.01. The zero-order chi connectivity index (χ0) is 10.7. The summed E-state index contributed by atoms with van der Waals surface area (Å²) in [5.41, 5.74) is 0.790. The van der Waals surface area contributed by atoms with Crippen molar-refractivity contribution in [3.05, 3.63) is 24.4 Å². The minimum Gasteiger partial charge on any atom is -0.307 e. The molecule has 2 heterocycles. The van der Waals surface area contributed by atoms with E-state index in [9.17, 15) is 0 Å². The van der Waals surface area contributed by atoms with Gasteiger partial charge in [0.15, 0.2) is 11.5 Å². The second-order valence-electron chi connectivity index (χ2n) is 3.61. The molecule has 80 valence electrons. The molecule has 15 heavy (non-hydrogen) atoms. The molecule has 2 aromatic rings. The summed E-state index contributed by atoms with van der Waals surface area (Å²) in [4.78, 5) is 3.99. The van der Waals surface area contributed by atoms with Crippen LogP contribution >= 0.6 is 0 Å². The lowest BCUT2D eigenvalue weighted by molar-refractivity contribution is 0.521. The molecular formula is C10H15N5. The predicted molar refractivity (Wildman–Crippen MR) is 57.4 cm³/mol. The van der Waals surface area contributed by atoms with Crippen molar-refractivity contribution in [3.8, 4) is 0 Å². The fourth-order valence-corrected chi connectivity index (χ4v) is 1.33. The summed E-state index contributed by atoms with van der Waals surface area (Å²) in [6.45, 7) is 5.05. The van der Waals surface area contributed by atoms with E-state index in [1.807, 2.05) is 10.6 Å². The van der Waals surface area contributed by atoms with Gasteiger partial charge in [-0.15, -0.1) is 10.2 Å². The number of fused-ring (bicyclic) bond motifs is 1. The number of hydrogen-bond acceptors (Lipinski definition) is 4. The van der Waals surface area contributed by atoms with Gasteiger partial charge in [0, 0.05) is 18.4 Å². The molecule has 0 aliphatic carbocycles. The highest BCUT2D eigenvalue weighted by Gasteiger charge is 2.05. The molecule has 0 bridgehead atoms. The maximum atomic E-state index is 4.11. The van der Waals surface area contributed by atoms with Crippen molar-refractivity contribution in [3.63, 3.8) is 0 Å². The first kappa shape index (κ1) is 10.0. The highest BCUT2D eigenvalue weighted by atomic mass is 15.3. The quantitative estimate of drug-likeness (QED) is 0.809. The van der Waals surface area contributed by atoms with Gasteiger partial charge in [-0.3, -0.25) is 9.38 Å². The second kappa shape index (κ2) is 4.35. The summed E-state index contributed by atoms with van der Waals surface area (Å²) in [6, 6.07) is 0.499. The molecule has 0 aromatic carbocycles. The Bertz CT molecular complexity index is 436.